The highest BCUT2D eigenvalue weighted by molar-refractivity contribution is 5.92. The highest BCUT2D eigenvalue weighted by Crippen LogP contribution is 2.08. The fraction of sp³-hybridized carbons (Fsp3) is 0.714. The van der Waals surface area contributed by atoms with Gasteiger partial charge in [-0.1, -0.05) is 12.1 Å². The SMILES string of the molecule is CCC(C)(NC(C)=O)/C(N)=N/O. The number of nitrogens with zero attached hydrogens (tertiary/aromatic N) is 1. The van der Waals surface area contributed by atoms with Crippen LogP contribution in [0.5, 0.6) is 0 Å². The van der Waals surface area contributed by atoms with E-state index in [4.69, 9.17) is 10.9 Å². The fourth-order valence-corrected chi connectivity index (χ4v) is 0.832. The number of rotatable bonds is 3. The average Bonchev–Trinajstić information content (AvgIpc) is 2.01. The Bertz CT molecular complexity index is 203. The Morgan fingerprint density at radius 2 is 2.25 bits per heavy atom. The maximum Gasteiger partial charge on any atom is 0.217 e. The van der Waals surface area contributed by atoms with E-state index < -0.39 is 5.54 Å². The van der Waals surface area contributed by atoms with Crippen LogP contribution in [0, 0.1) is 0 Å². The number of carbonyl (C=O) groups excluding carboxylic acids is 1. The van der Waals surface area contributed by atoms with Gasteiger partial charge in [0.15, 0.2) is 5.84 Å². The van der Waals surface area contributed by atoms with Gasteiger partial charge in [-0.2, -0.15) is 0 Å². The lowest BCUT2D eigenvalue weighted by atomic mass is 9.97. The van der Waals surface area contributed by atoms with Crippen LogP contribution in [0.25, 0.3) is 0 Å². The Balaban J connectivity index is 4.56. The zero-order chi connectivity index (χ0) is 9.78. The highest BCUT2D eigenvalue weighted by Gasteiger charge is 2.27. The topological polar surface area (TPSA) is 87.7 Å². The monoisotopic (exact) mass is 173 g/mol. The van der Waals surface area contributed by atoms with Gasteiger partial charge in [-0.05, 0) is 13.3 Å². The minimum absolute atomic E-state index is 0.0141. The molecule has 0 aliphatic carbocycles. The molecule has 12 heavy (non-hydrogen) atoms. The zero-order valence-corrected chi connectivity index (χ0v) is 7.59. The van der Waals surface area contributed by atoms with Crippen molar-refractivity contribution in [2.75, 3.05) is 0 Å². The number of nitrogens with one attached hydrogen (secondary N) is 1. The summed E-state index contributed by atoms with van der Waals surface area (Å²) in [5.41, 5.74) is 4.65. The molecule has 0 rings (SSSR count). The summed E-state index contributed by atoms with van der Waals surface area (Å²) in [5.74, 6) is -0.189. The smallest absolute Gasteiger partial charge is 0.217 e. The molecule has 0 saturated carbocycles. The van der Waals surface area contributed by atoms with Crippen molar-refractivity contribution < 1.29 is 10.0 Å². The van der Waals surface area contributed by atoms with Crippen molar-refractivity contribution in [1.82, 2.24) is 5.32 Å². The molecule has 1 atom stereocenters. The van der Waals surface area contributed by atoms with E-state index in [1.54, 1.807) is 6.92 Å². The number of hydrogen-bond acceptors (Lipinski definition) is 3. The largest absolute Gasteiger partial charge is 0.409 e. The first-order valence-corrected chi connectivity index (χ1v) is 3.73. The molecule has 5 nitrogen and oxygen atoms in total. The first-order chi connectivity index (χ1) is 5.46. The van der Waals surface area contributed by atoms with Crippen LogP contribution in [0.4, 0.5) is 0 Å². The molecule has 0 heterocycles. The second-order valence-electron chi connectivity index (χ2n) is 2.85. The molecule has 70 valence electrons. The summed E-state index contributed by atoms with van der Waals surface area (Å²) in [5, 5.41) is 13.9. The molecule has 0 radical (unpaired) electrons. The van der Waals surface area contributed by atoms with E-state index in [-0.39, 0.29) is 11.7 Å². The number of hydrogen-bond donors (Lipinski definition) is 3. The second-order valence-corrected chi connectivity index (χ2v) is 2.85. The summed E-state index contributed by atoms with van der Waals surface area (Å²) in [6.45, 7) is 4.93. The van der Waals surface area contributed by atoms with Crippen LogP contribution in [-0.4, -0.2) is 22.5 Å². The minimum atomic E-state index is -0.749. The molecule has 0 aromatic heterocycles. The van der Waals surface area contributed by atoms with Gasteiger partial charge in [0, 0.05) is 6.92 Å². The Morgan fingerprint density at radius 3 is 2.50 bits per heavy atom. The number of nitrogens with two attached hydrogens (primary N) is 1. The predicted octanol–water partition coefficient (Wildman–Crippen LogP) is 0.0376. The van der Waals surface area contributed by atoms with Crippen LogP contribution in [-0.2, 0) is 4.79 Å². The van der Waals surface area contributed by atoms with Crippen molar-refractivity contribution in [3.05, 3.63) is 0 Å². The molecule has 0 aromatic carbocycles. The van der Waals surface area contributed by atoms with Crippen LogP contribution in [0.1, 0.15) is 27.2 Å². The van der Waals surface area contributed by atoms with Gasteiger partial charge >= 0.3 is 0 Å². The van der Waals surface area contributed by atoms with E-state index in [0.29, 0.717) is 6.42 Å². The van der Waals surface area contributed by atoms with Gasteiger partial charge < -0.3 is 16.3 Å². The van der Waals surface area contributed by atoms with Crippen LogP contribution in [0.3, 0.4) is 0 Å². The fourth-order valence-electron chi connectivity index (χ4n) is 0.832. The standard InChI is InChI=1S/C7H15N3O2/c1-4-7(3,6(8)10-12)9-5(2)11/h12H,4H2,1-3H3,(H2,8,10)(H,9,11). The van der Waals surface area contributed by atoms with Crippen LogP contribution < -0.4 is 11.1 Å². The Kier molecular flexibility index (Phi) is 3.53. The van der Waals surface area contributed by atoms with Crippen molar-refractivity contribution in [3.8, 4) is 0 Å². The Hall–Kier alpha value is -1.26. The van der Waals surface area contributed by atoms with Crippen molar-refractivity contribution in [1.29, 1.82) is 0 Å². The van der Waals surface area contributed by atoms with Crippen LogP contribution in [0.15, 0.2) is 5.16 Å². The van der Waals surface area contributed by atoms with Crippen LogP contribution >= 0.6 is 0 Å². The van der Waals surface area contributed by atoms with Gasteiger partial charge in [-0.25, -0.2) is 0 Å². The maximum absolute atomic E-state index is 10.7. The number of amides is 1. The average molecular weight is 173 g/mol. The van der Waals surface area contributed by atoms with Gasteiger partial charge in [0.05, 0.1) is 5.54 Å². The van der Waals surface area contributed by atoms with Gasteiger partial charge in [0.2, 0.25) is 5.91 Å². The van der Waals surface area contributed by atoms with Gasteiger partial charge in [-0.3, -0.25) is 4.79 Å². The Morgan fingerprint density at radius 1 is 1.75 bits per heavy atom. The molecule has 5 heteroatoms. The highest BCUT2D eigenvalue weighted by atomic mass is 16.4. The summed E-state index contributed by atoms with van der Waals surface area (Å²) >= 11 is 0. The van der Waals surface area contributed by atoms with Crippen molar-refractivity contribution in [3.63, 3.8) is 0 Å². The van der Waals surface area contributed by atoms with E-state index in [0.717, 1.165) is 0 Å². The summed E-state index contributed by atoms with van der Waals surface area (Å²) in [4.78, 5) is 10.7. The van der Waals surface area contributed by atoms with Gasteiger partial charge in [0.1, 0.15) is 0 Å². The predicted molar refractivity (Wildman–Crippen MR) is 45.9 cm³/mol. The summed E-state index contributed by atoms with van der Waals surface area (Å²) < 4.78 is 0. The van der Waals surface area contributed by atoms with Crippen LogP contribution in [0.2, 0.25) is 0 Å². The second kappa shape index (κ2) is 3.94. The van der Waals surface area contributed by atoms with Gasteiger partial charge in [0.25, 0.3) is 0 Å². The summed E-state index contributed by atoms with van der Waals surface area (Å²) in [7, 11) is 0. The lowest BCUT2D eigenvalue weighted by Crippen LogP contribution is -2.54. The van der Waals surface area contributed by atoms with E-state index in [1.807, 2.05) is 6.92 Å². The van der Waals surface area contributed by atoms with E-state index in [1.165, 1.54) is 6.92 Å². The summed E-state index contributed by atoms with van der Waals surface area (Å²) in [6.07, 6.45) is 0.572. The molecule has 4 N–H and O–H groups in total. The van der Waals surface area contributed by atoms with Crippen molar-refractivity contribution >= 4 is 11.7 Å². The third-order valence-electron chi connectivity index (χ3n) is 1.83. The van der Waals surface area contributed by atoms with Crippen molar-refractivity contribution in [2.24, 2.45) is 10.9 Å². The number of amidine groups is 1. The molecule has 0 aliphatic rings. The summed E-state index contributed by atoms with van der Waals surface area (Å²) in [6, 6.07) is 0. The molecule has 0 aliphatic heterocycles. The maximum atomic E-state index is 10.7. The van der Waals surface area contributed by atoms with Crippen molar-refractivity contribution in [2.45, 2.75) is 32.7 Å². The molecule has 1 amide bonds. The molecule has 0 bridgehead atoms. The molecule has 0 aromatic rings. The van der Waals surface area contributed by atoms with E-state index >= 15 is 0 Å². The van der Waals surface area contributed by atoms with E-state index in [2.05, 4.69) is 10.5 Å². The van der Waals surface area contributed by atoms with E-state index in [9.17, 15) is 4.79 Å². The lowest BCUT2D eigenvalue weighted by Gasteiger charge is -2.27. The third-order valence-corrected chi connectivity index (χ3v) is 1.83. The quantitative estimate of drug-likeness (QED) is 0.243. The molecular weight excluding hydrogens is 158 g/mol. The zero-order valence-electron chi connectivity index (χ0n) is 7.59. The van der Waals surface area contributed by atoms with Gasteiger partial charge in [-0.15, -0.1) is 0 Å². The Labute approximate surface area is 71.6 Å². The first-order valence-electron chi connectivity index (χ1n) is 3.73. The first kappa shape index (κ1) is 10.7. The number of carbonyl (C=O) groups is 1. The molecule has 0 spiro atoms. The minimum Gasteiger partial charge on any atom is -0.409 e. The third kappa shape index (κ3) is 2.41. The normalized spacial score (nSPS) is 16.8. The molecular formula is C7H15N3O2. The lowest BCUT2D eigenvalue weighted by molar-refractivity contribution is -0.120. The molecule has 0 fully saturated rings. The molecule has 0 saturated heterocycles. The number of oxime groups is 1. The molecule has 1 unspecified atom stereocenters.